The van der Waals surface area contributed by atoms with E-state index in [9.17, 15) is 0 Å². The van der Waals surface area contributed by atoms with Crippen molar-refractivity contribution in [1.82, 2.24) is 29.5 Å². The molecule has 4 heterocycles. The molecule has 130 valence electrons. The van der Waals surface area contributed by atoms with E-state index in [1.54, 1.807) is 10.8 Å². The second kappa shape index (κ2) is 7.14. The molecule has 7 heteroatoms. The molecule has 7 nitrogen and oxygen atoms in total. The maximum Gasteiger partial charge on any atom is 0.254 e. The molecule has 3 aromatic heterocycles. The zero-order chi connectivity index (χ0) is 17.1. The van der Waals surface area contributed by atoms with E-state index in [0.717, 1.165) is 56.1 Å². The molecule has 0 radical (unpaired) electrons. The van der Waals surface area contributed by atoms with Crippen molar-refractivity contribution in [3.8, 4) is 0 Å². The van der Waals surface area contributed by atoms with Crippen molar-refractivity contribution in [2.45, 2.75) is 38.8 Å². The number of aromatic nitrogens is 5. The summed E-state index contributed by atoms with van der Waals surface area (Å²) in [6.07, 6.45) is 6.52. The van der Waals surface area contributed by atoms with Crippen molar-refractivity contribution in [2.75, 3.05) is 18.4 Å². The van der Waals surface area contributed by atoms with E-state index < -0.39 is 0 Å². The first kappa shape index (κ1) is 16.0. The number of aryl methyl sites for hydroxylation is 1. The molecule has 0 bridgehead atoms. The molecule has 1 N–H and O–H groups in total. The molecule has 0 amide bonds. The molecule has 3 aromatic rings. The average molecular weight is 337 g/mol. The van der Waals surface area contributed by atoms with E-state index in [1.165, 1.54) is 0 Å². The lowest BCUT2D eigenvalue weighted by Gasteiger charge is -2.32. The third-order valence-corrected chi connectivity index (χ3v) is 4.72. The second-order valence-electron chi connectivity index (χ2n) is 6.47. The first-order chi connectivity index (χ1) is 12.3. The van der Waals surface area contributed by atoms with Gasteiger partial charge in [0, 0.05) is 43.6 Å². The number of piperidine rings is 1. The van der Waals surface area contributed by atoms with E-state index >= 15 is 0 Å². The number of nitrogens with zero attached hydrogens (tertiary/aromatic N) is 6. The van der Waals surface area contributed by atoms with Crippen molar-refractivity contribution in [2.24, 2.45) is 0 Å². The molecule has 25 heavy (non-hydrogen) atoms. The third-order valence-electron chi connectivity index (χ3n) is 4.72. The summed E-state index contributed by atoms with van der Waals surface area (Å²) < 4.78 is 1.79. The van der Waals surface area contributed by atoms with E-state index in [-0.39, 0.29) is 0 Å². The van der Waals surface area contributed by atoms with E-state index in [2.05, 4.69) is 55.4 Å². The van der Waals surface area contributed by atoms with Crippen LogP contribution in [0.15, 0.2) is 36.8 Å². The number of likely N-dealkylation sites (tertiary alicyclic amines) is 1. The van der Waals surface area contributed by atoms with Gasteiger partial charge in [-0.1, -0.05) is 13.0 Å². The Hall–Kier alpha value is -2.54. The fourth-order valence-electron chi connectivity index (χ4n) is 3.31. The molecular weight excluding hydrogens is 314 g/mol. The van der Waals surface area contributed by atoms with Crippen molar-refractivity contribution >= 4 is 11.6 Å². The minimum atomic E-state index is 0.444. The second-order valence-corrected chi connectivity index (χ2v) is 6.47. The first-order valence-electron chi connectivity index (χ1n) is 8.90. The Bertz CT molecular complexity index is 822. The Kier molecular flexibility index (Phi) is 4.56. The van der Waals surface area contributed by atoms with Gasteiger partial charge in [0.2, 0.25) is 0 Å². The fraction of sp³-hybridized carbons (Fsp3) is 0.444. The normalized spacial score (nSPS) is 16.4. The van der Waals surface area contributed by atoms with Crippen LogP contribution < -0.4 is 5.32 Å². The van der Waals surface area contributed by atoms with E-state index in [0.29, 0.717) is 11.8 Å². The Labute approximate surface area is 147 Å². The Morgan fingerprint density at radius 1 is 1.16 bits per heavy atom. The van der Waals surface area contributed by atoms with Crippen LogP contribution in [0.3, 0.4) is 0 Å². The van der Waals surface area contributed by atoms with E-state index in [4.69, 9.17) is 0 Å². The lowest BCUT2D eigenvalue weighted by atomic mass is 10.0. The zero-order valence-corrected chi connectivity index (χ0v) is 14.5. The van der Waals surface area contributed by atoms with Crippen molar-refractivity contribution in [3.05, 3.63) is 48.2 Å². The number of anilines is 1. The summed E-state index contributed by atoms with van der Waals surface area (Å²) in [6, 6.07) is 8.63. The minimum Gasteiger partial charge on any atom is -0.367 e. The summed E-state index contributed by atoms with van der Waals surface area (Å²) in [5.74, 6) is 1.65. The van der Waals surface area contributed by atoms with Gasteiger partial charge in [0.15, 0.2) is 0 Å². The van der Waals surface area contributed by atoms with Gasteiger partial charge in [-0.3, -0.25) is 9.88 Å². The Morgan fingerprint density at radius 2 is 2.04 bits per heavy atom. The number of hydrogen-bond acceptors (Lipinski definition) is 6. The fourth-order valence-corrected chi connectivity index (χ4v) is 3.31. The van der Waals surface area contributed by atoms with Gasteiger partial charge in [-0.15, -0.1) is 0 Å². The van der Waals surface area contributed by atoms with Crippen LogP contribution in [0, 0.1) is 0 Å². The zero-order valence-electron chi connectivity index (χ0n) is 14.5. The molecule has 0 unspecified atom stereocenters. The van der Waals surface area contributed by atoms with Gasteiger partial charge in [0.1, 0.15) is 12.1 Å². The van der Waals surface area contributed by atoms with Gasteiger partial charge < -0.3 is 5.32 Å². The summed E-state index contributed by atoms with van der Waals surface area (Å²) >= 11 is 0. The predicted molar refractivity (Wildman–Crippen MR) is 96.3 cm³/mol. The van der Waals surface area contributed by atoms with Gasteiger partial charge in [0.05, 0.1) is 5.69 Å². The monoisotopic (exact) mass is 337 g/mol. The maximum atomic E-state index is 4.50. The average Bonchev–Trinajstić information content (AvgIpc) is 3.13. The molecule has 0 spiro atoms. The minimum absolute atomic E-state index is 0.444. The highest BCUT2D eigenvalue weighted by atomic mass is 15.4. The molecule has 0 aliphatic carbocycles. The van der Waals surface area contributed by atoms with Crippen molar-refractivity contribution < 1.29 is 0 Å². The molecule has 1 fully saturated rings. The summed E-state index contributed by atoms with van der Waals surface area (Å²) in [7, 11) is 0. The summed E-state index contributed by atoms with van der Waals surface area (Å²) in [5.41, 5.74) is 2.18. The van der Waals surface area contributed by atoms with Crippen molar-refractivity contribution in [3.63, 3.8) is 0 Å². The van der Waals surface area contributed by atoms with Crippen LogP contribution in [-0.2, 0) is 13.0 Å². The molecule has 0 saturated carbocycles. The lowest BCUT2D eigenvalue weighted by molar-refractivity contribution is 0.209. The number of rotatable bonds is 5. The van der Waals surface area contributed by atoms with Gasteiger partial charge in [-0.25, -0.2) is 4.98 Å². The number of fused-ring (bicyclic) bond motifs is 1. The maximum absolute atomic E-state index is 4.50. The molecule has 0 aromatic carbocycles. The largest absolute Gasteiger partial charge is 0.367 e. The van der Waals surface area contributed by atoms with Crippen LogP contribution in [0.1, 0.15) is 31.2 Å². The molecule has 0 atom stereocenters. The quantitative estimate of drug-likeness (QED) is 0.769. The topological polar surface area (TPSA) is 71.2 Å². The van der Waals surface area contributed by atoms with Crippen LogP contribution in [-0.4, -0.2) is 48.6 Å². The highest BCUT2D eigenvalue weighted by molar-refractivity contribution is 5.45. The number of pyridine rings is 1. The molecule has 1 aliphatic rings. The number of nitrogens with one attached hydrogen (secondary N) is 1. The van der Waals surface area contributed by atoms with Crippen LogP contribution in [0.4, 0.5) is 5.82 Å². The molecule has 1 saturated heterocycles. The summed E-state index contributed by atoms with van der Waals surface area (Å²) in [5, 5.41) is 7.94. The Morgan fingerprint density at radius 3 is 2.80 bits per heavy atom. The standard InChI is InChI=1S/C18H23N7/c1-2-14-11-17(25-18(23-14)20-13-21-25)22-15-6-9-24(10-7-15)12-16-5-3-4-8-19-16/h3-5,8,11,13,15,22H,2,6-7,9-10,12H2,1H3. The van der Waals surface area contributed by atoms with Gasteiger partial charge >= 0.3 is 0 Å². The smallest absolute Gasteiger partial charge is 0.254 e. The Balaban J connectivity index is 1.39. The molecular formula is C18H23N7. The highest BCUT2D eigenvalue weighted by Crippen LogP contribution is 2.19. The summed E-state index contributed by atoms with van der Waals surface area (Å²) in [6.45, 7) is 5.17. The van der Waals surface area contributed by atoms with E-state index in [1.807, 2.05) is 12.3 Å². The number of hydrogen-bond donors (Lipinski definition) is 1. The van der Waals surface area contributed by atoms with Crippen LogP contribution in [0.2, 0.25) is 0 Å². The predicted octanol–water partition coefficient (Wildman–Crippen LogP) is 2.16. The first-order valence-corrected chi connectivity index (χ1v) is 8.90. The van der Waals surface area contributed by atoms with Gasteiger partial charge in [-0.2, -0.15) is 14.6 Å². The van der Waals surface area contributed by atoms with Crippen molar-refractivity contribution in [1.29, 1.82) is 0 Å². The van der Waals surface area contributed by atoms with Crippen LogP contribution in [0.5, 0.6) is 0 Å². The third kappa shape index (κ3) is 3.61. The highest BCUT2D eigenvalue weighted by Gasteiger charge is 2.20. The van der Waals surface area contributed by atoms with Gasteiger partial charge in [-0.05, 0) is 31.4 Å². The van der Waals surface area contributed by atoms with Crippen LogP contribution >= 0.6 is 0 Å². The van der Waals surface area contributed by atoms with Crippen LogP contribution in [0.25, 0.3) is 5.78 Å². The SMILES string of the molecule is CCc1cc(NC2CCN(Cc3ccccn3)CC2)n2ncnc2n1. The molecule has 4 rings (SSSR count). The summed E-state index contributed by atoms with van der Waals surface area (Å²) in [4.78, 5) is 15.6. The lowest BCUT2D eigenvalue weighted by Crippen LogP contribution is -2.39. The molecule has 1 aliphatic heterocycles. The van der Waals surface area contributed by atoms with Gasteiger partial charge in [0.25, 0.3) is 5.78 Å².